The number of rotatable bonds is 9. The molecule has 5 heteroatoms. The van der Waals surface area contributed by atoms with E-state index in [1.165, 1.54) is 0 Å². The highest BCUT2D eigenvalue weighted by Crippen LogP contribution is 1.82. The van der Waals surface area contributed by atoms with E-state index in [2.05, 4.69) is 22.5 Å². The maximum Gasteiger partial charge on any atom is 0.314 e. The molecule has 16 heavy (non-hydrogen) atoms. The molecular formula is C11H25N3O2. The summed E-state index contributed by atoms with van der Waals surface area (Å²) >= 11 is 0. The van der Waals surface area contributed by atoms with Crippen molar-refractivity contribution in [2.45, 2.75) is 19.8 Å². The summed E-state index contributed by atoms with van der Waals surface area (Å²) in [6.45, 7) is 5.57. The molecule has 2 N–H and O–H groups in total. The molecule has 0 aliphatic carbocycles. The van der Waals surface area contributed by atoms with E-state index in [0.29, 0.717) is 19.8 Å². The van der Waals surface area contributed by atoms with Gasteiger partial charge in [0.1, 0.15) is 0 Å². The third-order valence-corrected chi connectivity index (χ3v) is 2.03. The van der Waals surface area contributed by atoms with Gasteiger partial charge in [-0.1, -0.05) is 13.3 Å². The quantitative estimate of drug-likeness (QED) is 0.573. The molecule has 0 atom stereocenters. The smallest absolute Gasteiger partial charge is 0.314 e. The minimum absolute atomic E-state index is 0.107. The van der Waals surface area contributed by atoms with Gasteiger partial charge in [0.15, 0.2) is 0 Å². The van der Waals surface area contributed by atoms with Gasteiger partial charge in [0.2, 0.25) is 0 Å². The second-order valence-electron chi connectivity index (χ2n) is 3.95. The Labute approximate surface area is 98.5 Å². The zero-order chi connectivity index (χ0) is 12.2. The van der Waals surface area contributed by atoms with Gasteiger partial charge in [-0.3, -0.25) is 0 Å². The largest absolute Gasteiger partial charge is 0.378 e. The Morgan fingerprint density at radius 3 is 2.50 bits per heavy atom. The molecule has 0 aliphatic rings. The number of hydrogen-bond donors (Lipinski definition) is 2. The average Bonchev–Trinajstić information content (AvgIpc) is 2.23. The number of hydrogen-bond acceptors (Lipinski definition) is 3. The van der Waals surface area contributed by atoms with E-state index in [9.17, 15) is 4.79 Å². The van der Waals surface area contributed by atoms with Crippen molar-refractivity contribution in [2.24, 2.45) is 0 Å². The highest BCUT2D eigenvalue weighted by Gasteiger charge is 1.97. The lowest BCUT2D eigenvalue weighted by Gasteiger charge is -2.10. The first-order valence-corrected chi connectivity index (χ1v) is 5.91. The monoisotopic (exact) mass is 231 g/mol. The highest BCUT2D eigenvalue weighted by atomic mass is 16.5. The van der Waals surface area contributed by atoms with Crippen LogP contribution < -0.4 is 10.6 Å². The van der Waals surface area contributed by atoms with E-state index in [-0.39, 0.29) is 6.03 Å². The van der Waals surface area contributed by atoms with Crippen LogP contribution in [0.15, 0.2) is 0 Å². The topological polar surface area (TPSA) is 53.6 Å². The maximum absolute atomic E-state index is 11.2. The number of carbonyl (C=O) groups excluding carboxylic acids is 1. The van der Waals surface area contributed by atoms with Gasteiger partial charge < -0.3 is 20.3 Å². The maximum atomic E-state index is 11.2. The first kappa shape index (κ1) is 15.2. The van der Waals surface area contributed by atoms with Gasteiger partial charge in [0.25, 0.3) is 0 Å². The molecule has 0 bridgehead atoms. The Balaban J connectivity index is 3.15. The summed E-state index contributed by atoms with van der Waals surface area (Å²) in [5, 5.41) is 5.52. The van der Waals surface area contributed by atoms with E-state index in [1.54, 1.807) is 0 Å². The van der Waals surface area contributed by atoms with Gasteiger partial charge >= 0.3 is 6.03 Å². The van der Waals surface area contributed by atoms with Crippen LogP contribution in [0.2, 0.25) is 0 Å². The zero-order valence-electron chi connectivity index (χ0n) is 10.7. The average molecular weight is 231 g/mol. The number of amides is 2. The van der Waals surface area contributed by atoms with E-state index < -0.39 is 0 Å². The first-order chi connectivity index (χ1) is 7.66. The van der Waals surface area contributed by atoms with Gasteiger partial charge in [0, 0.05) is 19.6 Å². The number of unbranched alkanes of at least 4 members (excludes halogenated alkanes) is 1. The number of carbonyl (C=O) groups is 1. The number of ether oxygens (including phenoxy) is 1. The Hall–Kier alpha value is -0.810. The van der Waals surface area contributed by atoms with Gasteiger partial charge in [-0.2, -0.15) is 0 Å². The molecule has 0 aromatic heterocycles. The molecule has 0 saturated heterocycles. The van der Waals surface area contributed by atoms with Gasteiger partial charge in [-0.25, -0.2) is 4.79 Å². The molecule has 0 aromatic carbocycles. The van der Waals surface area contributed by atoms with Crippen LogP contribution in [-0.4, -0.2) is 57.9 Å². The van der Waals surface area contributed by atoms with E-state index in [1.807, 2.05) is 14.1 Å². The standard InChI is InChI=1S/C11H25N3O2/c1-4-5-6-12-11(15)13-7-9-16-10-8-14(2)3/h4-10H2,1-3H3,(H2,12,13,15). The molecule has 0 unspecified atom stereocenters. The summed E-state index contributed by atoms with van der Waals surface area (Å²) < 4.78 is 5.34. The zero-order valence-corrected chi connectivity index (χ0v) is 10.7. The van der Waals surface area contributed by atoms with Crippen LogP contribution in [0.5, 0.6) is 0 Å². The van der Waals surface area contributed by atoms with Crippen molar-refractivity contribution in [3.8, 4) is 0 Å². The summed E-state index contributed by atoms with van der Waals surface area (Å²) in [4.78, 5) is 13.2. The lowest BCUT2D eigenvalue weighted by atomic mass is 10.3. The van der Waals surface area contributed by atoms with E-state index >= 15 is 0 Å². The van der Waals surface area contributed by atoms with Gasteiger partial charge in [-0.15, -0.1) is 0 Å². The fourth-order valence-corrected chi connectivity index (χ4v) is 1.03. The predicted octanol–water partition coefficient (Wildman–Crippen LogP) is 0.664. The highest BCUT2D eigenvalue weighted by molar-refractivity contribution is 5.73. The molecule has 0 saturated carbocycles. The van der Waals surface area contributed by atoms with Crippen molar-refractivity contribution in [2.75, 3.05) is 46.9 Å². The number of nitrogens with zero attached hydrogens (tertiary/aromatic N) is 1. The van der Waals surface area contributed by atoms with Crippen LogP contribution >= 0.6 is 0 Å². The van der Waals surface area contributed by atoms with Gasteiger partial charge in [-0.05, 0) is 20.5 Å². The normalized spacial score (nSPS) is 10.5. The first-order valence-electron chi connectivity index (χ1n) is 5.91. The van der Waals surface area contributed by atoms with Gasteiger partial charge in [0.05, 0.1) is 13.2 Å². The Morgan fingerprint density at radius 1 is 1.19 bits per heavy atom. The third kappa shape index (κ3) is 11.3. The summed E-state index contributed by atoms with van der Waals surface area (Å²) in [6, 6.07) is -0.107. The molecule has 5 nitrogen and oxygen atoms in total. The fourth-order valence-electron chi connectivity index (χ4n) is 1.03. The molecular weight excluding hydrogens is 206 g/mol. The van der Waals surface area contributed by atoms with Crippen LogP contribution in [0.4, 0.5) is 4.79 Å². The van der Waals surface area contributed by atoms with Crippen LogP contribution in [-0.2, 0) is 4.74 Å². The molecule has 0 aliphatic heterocycles. The predicted molar refractivity (Wildman–Crippen MR) is 65.7 cm³/mol. The minimum Gasteiger partial charge on any atom is -0.378 e. The SMILES string of the molecule is CCCCNC(=O)NCCOCCN(C)C. The summed E-state index contributed by atoms with van der Waals surface area (Å²) in [6.07, 6.45) is 2.11. The number of nitrogens with one attached hydrogen (secondary N) is 2. The molecule has 0 rings (SSSR count). The molecule has 0 heterocycles. The van der Waals surface area contributed by atoms with Crippen molar-refractivity contribution in [3.05, 3.63) is 0 Å². The summed E-state index contributed by atoms with van der Waals surface area (Å²) in [5.74, 6) is 0. The third-order valence-electron chi connectivity index (χ3n) is 2.03. The second kappa shape index (κ2) is 10.7. The van der Waals surface area contributed by atoms with Crippen LogP contribution in [0.1, 0.15) is 19.8 Å². The van der Waals surface area contributed by atoms with Crippen molar-refractivity contribution >= 4 is 6.03 Å². The van der Waals surface area contributed by atoms with E-state index in [0.717, 1.165) is 25.9 Å². The van der Waals surface area contributed by atoms with E-state index in [4.69, 9.17) is 4.74 Å². The minimum atomic E-state index is -0.107. The second-order valence-corrected chi connectivity index (χ2v) is 3.95. The Kier molecular flexibility index (Phi) is 10.2. The molecule has 0 radical (unpaired) electrons. The number of urea groups is 1. The number of likely N-dealkylation sites (N-methyl/N-ethyl adjacent to an activating group) is 1. The van der Waals surface area contributed by atoms with Crippen LogP contribution in [0.3, 0.4) is 0 Å². The molecule has 2 amide bonds. The lowest BCUT2D eigenvalue weighted by molar-refractivity contribution is 0.120. The lowest BCUT2D eigenvalue weighted by Crippen LogP contribution is -2.37. The van der Waals surface area contributed by atoms with Crippen LogP contribution in [0, 0.1) is 0 Å². The molecule has 96 valence electrons. The summed E-state index contributed by atoms with van der Waals surface area (Å²) in [5.41, 5.74) is 0. The van der Waals surface area contributed by atoms with Crippen LogP contribution in [0.25, 0.3) is 0 Å². The van der Waals surface area contributed by atoms with Crippen molar-refractivity contribution < 1.29 is 9.53 Å². The Bertz CT molecular complexity index is 175. The fraction of sp³-hybridized carbons (Fsp3) is 0.909. The Morgan fingerprint density at radius 2 is 1.88 bits per heavy atom. The molecule has 0 aromatic rings. The van der Waals surface area contributed by atoms with Crippen molar-refractivity contribution in [3.63, 3.8) is 0 Å². The van der Waals surface area contributed by atoms with Crippen molar-refractivity contribution in [1.29, 1.82) is 0 Å². The molecule has 0 spiro atoms. The molecule has 0 fully saturated rings. The summed E-state index contributed by atoms with van der Waals surface area (Å²) in [7, 11) is 4.01. The van der Waals surface area contributed by atoms with Crippen molar-refractivity contribution in [1.82, 2.24) is 15.5 Å².